The molecule has 0 aliphatic rings. The normalized spacial score (nSPS) is 11.0. The maximum Gasteiger partial charge on any atom is 0.141 e. The molecule has 0 aliphatic carbocycles. The Morgan fingerprint density at radius 2 is 1.86 bits per heavy atom. The lowest BCUT2D eigenvalue weighted by atomic mass is 10.1. The molecule has 4 heteroatoms. The van der Waals surface area contributed by atoms with Gasteiger partial charge in [0, 0.05) is 12.6 Å². The quantitative estimate of drug-likeness (QED) is 0.800. The third-order valence-electron chi connectivity index (χ3n) is 3.07. The summed E-state index contributed by atoms with van der Waals surface area (Å²) in [6.45, 7) is 7.08. The summed E-state index contributed by atoms with van der Waals surface area (Å²) in [5.41, 5.74) is 2.26. The summed E-state index contributed by atoms with van der Waals surface area (Å²) in [4.78, 5) is 0. The number of nitrogens with one attached hydrogen (secondary N) is 1. The highest BCUT2D eigenvalue weighted by atomic mass is 79.9. The molecule has 0 atom stereocenters. The van der Waals surface area contributed by atoms with Crippen LogP contribution in [0.4, 0.5) is 4.39 Å². The van der Waals surface area contributed by atoms with E-state index < -0.39 is 0 Å². The van der Waals surface area contributed by atoms with Gasteiger partial charge in [0.15, 0.2) is 0 Å². The van der Waals surface area contributed by atoms with Crippen LogP contribution in [-0.2, 0) is 6.54 Å². The number of aryl methyl sites for hydroxylation is 1. The zero-order chi connectivity index (χ0) is 15.4. The summed E-state index contributed by atoms with van der Waals surface area (Å²) >= 11 is 3.31. The van der Waals surface area contributed by atoms with Crippen molar-refractivity contribution in [2.24, 2.45) is 0 Å². The molecule has 0 saturated carbocycles. The van der Waals surface area contributed by atoms with E-state index in [0.717, 1.165) is 17.9 Å². The van der Waals surface area contributed by atoms with Crippen LogP contribution in [0.3, 0.4) is 0 Å². The SMILES string of the molecule is Cc1cc(CNC(C)C)ccc1Oc1ccc(F)cc1Br. The lowest BCUT2D eigenvalue weighted by Gasteiger charge is -2.13. The lowest BCUT2D eigenvalue weighted by Crippen LogP contribution is -2.21. The average Bonchev–Trinajstić information content (AvgIpc) is 2.42. The molecule has 0 radical (unpaired) electrons. The molecule has 0 heterocycles. The van der Waals surface area contributed by atoms with Crippen molar-refractivity contribution in [2.75, 3.05) is 0 Å². The van der Waals surface area contributed by atoms with E-state index in [1.807, 2.05) is 19.1 Å². The molecule has 21 heavy (non-hydrogen) atoms. The van der Waals surface area contributed by atoms with Crippen LogP contribution in [0.2, 0.25) is 0 Å². The lowest BCUT2D eigenvalue weighted by molar-refractivity contribution is 0.473. The fraction of sp³-hybridized carbons (Fsp3) is 0.294. The highest BCUT2D eigenvalue weighted by Gasteiger charge is 2.07. The molecule has 0 spiro atoms. The van der Waals surface area contributed by atoms with E-state index in [9.17, 15) is 4.39 Å². The van der Waals surface area contributed by atoms with Gasteiger partial charge >= 0.3 is 0 Å². The minimum Gasteiger partial charge on any atom is -0.456 e. The van der Waals surface area contributed by atoms with E-state index in [2.05, 4.69) is 41.2 Å². The summed E-state index contributed by atoms with van der Waals surface area (Å²) in [6.07, 6.45) is 0. The van der Waals surface area contributed by atoms with E-state index >= 15 is 0 Å². The molecule has 2 aromatic rings. The molecule has 0 saturated heterocycles. The fourth-order valence-electron chi connectivity index (χ4n) is 1.93. The van der Waals surface area contributed by atoms with E-state index in [-0.39, 0.29) is 5.82 Å². The van der Waals surface area contributed by atoms with Crippen molar-refractivity contribution >= 4 is 15.9 Å². The number of rotatable bonds is 5. The zero-order valence-corrected chi connectivity index (χ0v) is 14.0. The number of hydrogen-bond donors (Lipinski definition) is 1. The van der Waals surface area contributed by atoms with Crippen LogP contribution >= 0.6 is 15.9 Å². The molecule has 0 aliphatic heterocycles. The van der Waals surface area contributed by atoms with Crippen molar-refractivity contribution in [1.82, 2.24) is 5.32 Å². The third-order valence-corrected chi connectivity index (χ3v) is 3.69. The van der Waals surface area contributed by atoms with Crippen molar-refractivity contribution in [2.45, 2.75) is 33.4 Å². The van der Waals surface area contributed by atoms with Gasteiger partial charge in [-0.1, -0.05) is 26.0 Å². The van der Waals surface area contributed by atoms with Gasteiger partial charge in [-0.2, -0.15) is 0 Å². The fourth-order valence-corrected chi connectivity index (χ4v) is 2.37. The maximum atomic E-state index is 13.1. The van der Waals surface area contributed by atoms with Gasteiger partial charge < -0.3 is 10.1 Å². The van der Waals surface area contributed by atoms with Gasteiger partial charge in [0.05, 0.1) is 4.47 Å². The van der Waals surface area contributed by atoms with Crippen molar-refractivity contribution in [3.63, 3.8) is 0 Å². The Balaban J connectivity index is 2.13. The van der Waals surface area contributed by atoms with Crippen molar-refractivity contribution in [1.29, 1.82) is 0 Å². The predicted molar refractivity (Wildman–Crippen MR) is 87.3 cm³/mol. The number of ether oxygens (including phenoxy) is 1. The Hall–Kier alpha value is -1.39. The predicted octanol–water partition coefficient (Wildman–Crippen LogP) is 5.19. The highest BCUT2D eigenvalue weighted by Crippen LogP contribution is 2.32. The second-order valence-corrected chi connectivity index (χ2v) is 6.17. The minimum absolute atomic E-state index is 0.291. The zero-order valence-electron chi connectivity index (χ0n) is 12.4. The largest absolute Gasteiger partial charge is 0.456 e. The summed E-state index contributed by atoms with van der Waals surface area (Å²) in [5, 5.41) is 3.38. The van der Waals surface area contributed by atoms with Crippen molar-refractivity contribution in [3.8, 4) is 11.5 Å². The number of hydrogen-bond acceptors (Lipinski definition) is 2. The first-order valence-electron chi connectivity index (χ1n) is 6.91. The Labute approximate surface area is 133 Å². The van der Waals surface area contributed by atoms with Gasteiger partial charge in [-0.05, 0) is 58.2 Å². The maximum absolute atomic E-state index is 13.1. The molecule has 1 N–H and O–H groups in total. The topological polar surface area (TPSA) is 21.3 Å². The van der Waals surface area contributed by atoms with E-state index in [1.165, 1.54) is 17.7 Å². The van der Waals surface area contributed by atoms with Crippen LogP contribution in [0, 0.1) is 12.7 Å². The smallest absolute Gasteiger partial charge is 0.141 e. The van der Waals surface area contributed by atoms with Gasteiger partial charge in [0.25, 0.3) is 0 Å². The summed E-state index contributed by atoms with van der Waals surface area (Å²) in [6, 6.07) is 10.9. The number of benzene rings is 2. The molecule has 0 fully saturated rings. The Morgan fingerprint density at radius 1 is 1.14 bits per heavy atom. The van der Waals surface area contributed by atoms with Crippen LogP contribution in [0.1, 0.15) is 25.0 Å². The van der Waals surface area contributed by atoms with Gasteiger partial charge in [-0.15, -0.1) is 0 Å². The second kappa shape index (κ2) is 7.05. The van der Waals surface area contributed by atoms with E-state index in [0.29, 0.717) is 16.3 Å². The van der Waals surface area contributed by atoms with Crippen LogP contribution in [0.25, 0.3) is 0 Å². The van der Waals surface area contributed by atoms with E-state index in [4.69, 9.17) is 4.74 Å². The third kappa shape index (κ3) is 4.55. The Bertz CT molecular complexity index is 628. The van der Waals surface area contributed by atoms with Crippen molar-refractivity contribution < 1.29 is 9.13 Å². The molecular formula is C17H19BrFNO. The van der Waals surface area contributed by atoms with Gasteiger partial charge in [0.1, 0.15) is 17.3 Å². The molecule has 2 nitrogen and oxygen atoms in total. The van der Waals surface area contributed by atoms with Gasteiger partial charge in [-0.25, -0.2) is 4.39 Å². The molecular weight excluding hydrogens is 333 g/mol. The standard InChI is InChI=1S/C17H19BrFNO/c1-11(2)20-10-13-4-6-16(12(3)8-13)21-17-7-5-14(19)9-15(17)18/h4-9,11,20H,10H2,1-3H3. The molecule has 0 amide bonds. The number of halogens is 2. The minimum atomic E-state index is -0.291. The summed E-state index contributed by atoms with van der Waals surface area (Å²) < 4.78 is 19.5. The van der Waals surface area contributed by atoms with Gasteiger partial charge in [0.2, 0.25) is 0 Å². The van der Waals surface area contributed by atoms with Crippen LogP contribution in [0.15, 0.2) is 40.9 Å². The Morgan fingerprint density at radius 3 is 2.48 bits per heavy atom. The Kier molecular flexibility index (Phi) is 5.37. The molecule has 2 rings (SSSR count). The van der Waals surface area contributed by atoms with Crippen LogP contribution in [-0.4, -0.2) is 6.04 Å². The van der Waals surface area contributed by atoms with Gasteiger partial charge in [-0.3, -0.25) is 0 Å². The molecule has 2 aromatic carbocycles. The summed E-state index contributed by atoms with van der Waals surface area (Å²) in [7, 11) is 0. The highest BCUT2D eigenvalue weighted by molar-refractivity contribution is 9.10. The monoisotopic (exact) mass is 351 g/mol. The first kappa shape index (κ1) is 16.0. The molecule has 0 aromatic heterocycles. The first-order chi connectivity index (χ1) is 9.95. The van der Waals surface area contributed by atoms with Crippen LogP contribution < -0.4 is 10.1 Å². The van der Waals surface area contributed by atoms with E-state index in [1.54, 1.807) is 6.07 Å². The van der Waals surface area contributed by atoms with Crippen molar-refractivity contribution in [3.05, 3.63) is 57.8 Å². The summed E-state index contributed by atoms with van der Waals surface area (Å²) in [5.74, 6) is 1.09. The molecule has 0 bridgehead atoms. The molecule has 0 unspecified atom stereocenters. The second-order valence-electron chi connectivity index (χ2n) is 5.31. The molecule has 112 valence electrons. The van der Waals surface area contributed by atoms with Crippen LogP contribution in [0.5, 0.6) is 11.5 Å². The average molecular weight is 352 g/mol. The first-order valence-corrected chi connectivity index (χ1v) is 7.71.